The van der Waals surface area contributed by atoms with Crippen molar-refractivity contribution in [3.63, 3.8) is 0 Å². The van der Waals surface area contributed by atoms with Gasteiger partial charge in [-0.1, -0.05) is 6.92 Å². The highest BCUT2D eigenvalue weighted by molar-refractivity contribution is 5.94. The third kappa shape index (κ3) is 3.74. The SMILES string of the molecule is CCOc1ccc(C(=O)N2CCN(c3cc(CC)n4c(C)nnc4n3)CC2)cc1. The summed E-state index contributed by atoms with van der Waals surface area (Å²) in [5.41, 5.74) is 1.83. The van der Waals surface area contributed by atoms with Crippen LogP contribution in [0.25, 0.3) is 5.78 Å². The fourth-order valence-electron chi connectivity index (χ4n) is 3.71. The molecule has 0 bridgehead atoms. The van der Waals surface area contributed by atoms with Gasteiger partial charge in [0.2, 0.25) is 0 Å². The number of rotatable bonds is 5. The summed E-state index contributed by atoms with van der Waals surface area (Å²) < 4.78 is 7.45. The summed E-state index contributed by atoms with van der Waals surface area (Å²) >= 11 is 0. The van der Waals surface area contributed by atoms with Gasteiger partial charge in [-0.05, 0) is 44.5 Å². The maximum absolute atomic E-state index is 12.8. The van der Waals surface area contributed by atoms with Crippen LogP contribution >= 0.6 is 0 Å². The van der Waals surface area contributed by atoms with Crippen LogP contribution in [-0.4, -0.2) is 63.2 Å². The number of hydrogen-bond acceptors (Lipinski definition) is 6. The van der Waals surface area contributed by atoms with Crippen molar-refractivity contribution in [3.8, 4) is 5.75 Å². The molecule has 0 atom stereocenters. The number of amides is 1. The van der Waals surface area contributed by atoms with E-state index in [1.54, 1.807) is 0 Å². The van der Waals surface area contributed by atoms with E-state index in [2.05, 4.69) is 33.1 Å². The van der Waals surface area contributed by atoms with Crippen LogP contribution in [0.5, 0.6) is 5.75 Å². The number of anilines is 1. The standard InChI is InChI=1S/C21H26N6O2/c1-4-17-14-19(22-21-24-23-15(3)27(17)21)25-10-12-26(13-11-25)20(28)16-6-8-18(9-7-16)29-5-2/h6-9,14H,4-5,10-13H2,1-3H3. The molecule has 0 N–H and O–H groups in total. The maximum atomic E-state index is 12.8. The van der Waals surface area contributed by atoms with Gasteiger partial charge in [-0.2, -0.15) is 4.98 Å². The lowest BCUT2D eigenvalue weighted by Crippen LogP contribution is -2.49. The van der Waals surface area contributed by atoms with Crippen LogP contribution in [0.4, 0.5) is 5.82 Å². The first kappa shape index (κ1) is 19.2. The van der Waals surface area contributed by atoms with Crippen LogP contribution in [0, 0.1) is 6.92 Å². The molecule has 152 valence electrons. The van der Waals surface area contributed by atoms with E-state index in [0.29, 0.717) is 31.0 Å². The van der Waals surface area contributed by atoms with Crippen LogP contribution in [0.1, 0.15) is 35.7 Å². The predicted octanol–water partition coefficient (Wildman–Crippen LogP) is 2.36. The minimum atomic E-state index is 0.0541. The first-order valence-corrected chi connectivity index (χ1v) is 10.1. The Morgan fingerprint density at radius 2 is 1.79 bits per heavy atom. The third-order valence-corrected chi connectivity index (χ3v) is 5.27. The van der Waals surface area contributed by atoms with Gasteiger partial charge in [-0.25, -0.2) is 0 Å². The minimum Gasteiger partial charge on any atom is -0.494 e. The number of benzene rings is 1. The molecular formula is C21H26N6O2. The number of hydrogen-bond donors (Lipinski definition) is 0. The van der Waals surface area contributed by atoms with Crippen molar-refractivity contribution in [2.24, 2.45) is 0 Å². The average molecular weight is 394 g/mol. The first-order chi connectivity index (χ1) is 14.1. The van der Waals surface area contributed by atoms with Gasteiger partial charge >= 0.3 is 0 Å². The van der Waals surface area contributed by atoms with Gasteiger partial charge in [0.25, 0.3) is 11.7 Å². The van der Waals surface area contributed by atoms with E-state index in [1.807, 2.05) is 47.4 Å². The Kier molecular flexibility index (Phi) is 5.33. The molecule has 0 radical (unpaired) electrons. The van der Waals surface area contributed by atoms with Crippen molar-refractivity contribution in [2.45, 2.75) is 27.2 Å². The highest BCUT2D eigenvalue weighted by atomic mass is 16.5. The topological polar surface area (TPSA) is 75.9 Å². The quantitative estimate of drug-likeness (QED) is 0.661. The van der Waals surface area contributed by atoms with Gasteiger partial charge in [0, 0.05) is 43.5 Å². The molecule has 1 amide bonds. The number of nitrogens with zero attached hydrogens (tertiary/aromatic N) is 6. The fraction of sp³-hybridized carbons (Fsp3) is 0.429. The number of aromatic nitrogens is 4. The number of ether oxygens (including phenoxy) is 1. The van der Waals surface area contributed by atoms with E-state index in [-0.39, 0.29) is 5.91 Å². The molecule has 0 spiro atoms. The predicted molar refractivity (Wildman–Crippen MR) is 111 cm³/mol. The highest BCUT2D eigenvalue weighted by Crippen LogP contribution is 2.20. The van der Waals surface area contributed by atoms with Crippen molar-refractivity contribution < 1.29 is 9.53 Å². The van der Waals surface area contributed by atoms with Gasteiger partial charge in [-0.15, -0.1) is 10.2 Å². The Hall–Kier alpha value is -3.16. The Labute approximate surface area is 170 Å². The summed E-state index contributed by atoms with van der Waals surface area (Å²) in [6.07, 6.45) is 0.876. The smallest absolute Gasteiger partial charge is 0.257 e. The fourth-order valence-corrected chi connectivity index (χ4v) is 3.71. The van der Waals surface area contributed by atoms with Crippen molar-refractivity contribution in [2.75, 3.05) is 37.7 Å². The van der Waals surface area contributed by atoms with Crippen molar-refractivity contribution in [1.82, 2.24) is 24.5 Å². The molecule has 3 aromatic rings. The Balaban J connectivity index is 1.45. The van der Waals surface area contributed by atoms with Crippen molar-refractivity contribution in [3.05, 3.63) is 47.4 Å². The molecular weight excluding hydrogens is 368 g/mol. The second-order valence-electron chi connectivity index (χ2n) is 7.08. The molecule has 8 nitrogen and oxygen atoms in total. The molecule has 1 saturated heterocycles. The van der Waals surface area contributed by atoms with Crippen molar-refractivity contribution >= 4 is 17.5 Å². The first-order valence-electron chi connectivity index (χ1n) is 10.1. The summed E-state index contributed by atoms with van der Waals surface area (Å²) in [6, 6.07) is 9.46. The molecule has 8 heteroatoms. The van der Waals surface area contributed by atoms with Crippen LogP contribution in [0.15, 0.2) is 30.3 Å². The molecule has 0 saturated carbocycles. The Morgan fingerprint density at radius 1 is 1.07 bits per heavy atom. The normalized spacial score (nSPS) is 14.4. The third-order valence-electron chi connectivity index (χ3n) is 5.27. The van der Waals surface area contributed by atoms with Gasteiger partial charge in [0.05, 0.1) is 6.61 Å². The largest absolute Gasteiger partial charge is 0.494 e. The van der Waals surface area contributed by atoms with Crippen LogP contribution < -0.4 is 9.64 Å². The van der Waals surface area contributed by atoms with Crippen molar-refractivity contribution in [1.29, 1.82) is 0 Å². The molecule has 1 aliphatic heterocycles. The molecule has 1 fully saturated rings. The molecule has 1 aliphatic rings. The van der Waals surface area contributed by atoms with Gasteiger partial charge < -0.3 is 14.5 Å². The van der Waals surface area contributed by atoms with Crippen LogP contribution in [-0.2, 0) is 6.42 Å². The van der Waals surface area contributed by atoms with E-state index in [1.165, 1.54) is 0 Å². The van der Waals surface area contributed by atoms with E-state index in [9.17, 15) is 4.79 Å². The number of piperazine rings is 1. The van der Waals surface area contributed by atoms with E-state index >= 15 is 0 Å². The van der Waals surface area contributed by atoms with Crippen LogP contribution in [0.2, 0.25) is 0 Å². The monoisotopic (exact) mass is 394 g/mol. The Bertz CT molecular complexity index is 1010. The maximum Gasteiger partial charge on any atom is 0.257 e. The van der Waals surface area contributed by atoms with E-state index < -0.39 is 0 Å². The zero-order chi connectivity index (χ0) is 20.4. The number of fused-ring (bicyclic) bond motifs is 1. The Morgan fingerprint density at radius 3 is 2.45 bits per heavy atom. The summed E-state index contributed by atoms with van der Waals surface area (Å²) in [5.74, 6) is 3.21. The lowest BCUT2D eigenvalue weighted by molar-refractivity contribution is 0.0746. The van der Waals surface area contributed by atoms with Gasteiger partial charge in [-0.3, -0.25) is 9.20 Å². The molecule has 0 unspecified atom stereocenters. The van der Waals surface area contributed by atoms with E-state index in [4.69, 9.17) is 4.74 Å². The summed E-state index contributed by atoms with van der Waals surface area (Å²) in [4.78, 5) is 21.6. The second kappa shape index (κ2) is 8.06. The summed E-state index contributed by atoms with van der Waals surface area (Å²) in [7, 11) is 0. The van der Waals surface area contributed by atoms with Crippen LogP contribution in [0.3, 0.4) is 0 Å². The lowest BCUT2D eigenvalue weighted by Gasteiger charge is -2.35. The lowest BCUT2D eigenvalue weighted by atomic mass is 10.1. The zero-order valence-corrected chi connectivity index (χ0v) is 17.1. The van der Waals surface area contributed by atoms with E-state index in [0.717, 1.165) is 42.6 Å². The summed E-state index contributed by atoms with van der Waals surface area (Å²) in [6.45, 7) is 9.40. The molecule has 2 aromatic heterocycles. The molecule has 1 aromatic carbocycles. The minimum absolute atomic E-state index is 0.0541. The number of carbonyl (C=O) groups is 1. The number of aryl methyl sites for hydroxylation is 2. The number of carbonyl (C=O) groups excluding carboxylic acids is 1. The molecule has 4 rings (SSSR count). The van der Waals surface area contributed by atoms with Gasteiger partial charge in [0.1, 0.15) is 17.4 Å². The zero-order valence-electron chi connectivity index (χ0n) is 17.1. The average Bonchev–Trinajstić information content (AvgIpc) is 3.14. The molecule has 29 heavy (non-hydrogen) atoms. The second-order valence-corrected chi connectivity index (χ2v) is 7.08. The van der Waals surface area contributed by atoms with Gasteiger partial charge in [0.15, 0.2) is 0 Å². The summed E-state index contributed by atoms with van der Waals surface area (Å²) in [5, 5.41) is 8.33. The molecule has 0 aliphatic carbocycles. The highest BCUT2D eigenvalue weighted by Gasteiger charge is 2.24. The molecule has 3 heterocycles.